The van der Waals surface area contributed by atoms with Crippen molar-refractivity contribution >= 4 is 11.9 Å². The first-order valence-electron chi connectivity index (χ1n) is 8.93. The highest BCUT2D eigenvalue weighted by molar-refractivity contribution is 5.91. The van der Waals surface area contributed by atoms with Crippen LogP contribution < -0.4 is 0 Å². The van der Waals surface area contributed by atoms with Crippen LogP contribution in [0.5, 0.6) is 5.75 Å². The molecule has 5 nitrogen and oxygen atoms in total. The molecule has 3 rings (SSSR count). The summed E-state index contributed by atoms with van der Waals surface area (Å²) in [7, 11) is 0. The number of hydrogen-bond donors (Lipinski definition) is 1. The zero-order valence-electron chi connectivity index (χ0n) is 15.3. The quantitative estimate of drug-likeness (QED) is 0.638. The number of phenolic OH excluding ortho intramolecular Hbond substituents is 1. The zero-order valence-corrected chi connectivity index (χ0v) is 15.3. The van der Waals surface area contributed by atoms with Crippen LogP contribution in [0, 0.1) is 0 Å². The van der Waals surface area contributed by atoms with Gasteiger partial charge >= 0.3 is 5.97 Å². The van der Waals surface area contributed by atoms with Gasteiger partial charge in [-0.3, -0.25) is 4.79 Å². The van der Waals surface area contributed by atoms with Crippen LogP contribution >= 0.6 is 0 Å². The lowest BCUT2D eigenvalue weighted by atomic mass is 10.1. The second kappa shape index (κ2) is 9.37. The Bertz CT molecular complexity index is 884. The Morgan fingerprint density at radius 3 is 1.89 bits per heavy atom. The summed E-state index contributed by atoms with van der Waals surface area (Å²) in [6.07, 6.45) is 0. The second-order valence-corrected chi connectivity index (χ2v) is 6.35. The maximum Gasteiger partial charge on any atom is 0.338 e. The van der Waals surface area contributed by atoms with Crippen molar-refractivity contribution < 1.29 is 19.4 Å². The highest BCUT2D eigenvalue weighted by Gasteiger charge is 2.17. The Morgan fingerprint density at radius 1 is 0.786 bits per heavy atom. The summed E-state index contributed by atoms with van der Waals surface area (Å²) in [5.41, 5.74) is 2.18. The summed E-state index contributed by atoms with van der Waals surface area (Å²) >= 11 is 0. The number of amides is 1. The summed E-state index contributed by atoms with van der Waals surface area (Å²) in [6.45, 7) is 0.463. The number of phenols is 1. The molecule has 0 radical (unpaired) electrons. The summed E-state index contributed by atoms with van der Waals surface area (Å²) in [4.78, 5) is 26.5. The monoisotopic (exact) mass is 375 g/mol. The van der Waals surface area contributed by atoms with E-state index in [0.29, 0.717) is 13.1 Å². The minimum atomic E-state index is -0.649. The molecule has 0 bridgehead atoms. The highest BCUT2D eigenvalue weighted by atomic mass is 16.5. The van der Waals surface area contributed by atoms with Crippen LogP contribution in [0.1, 0.15) is 21.5 Å². The first-order valence-corrected chi connectivity index (χ1v) is 8.93. The molecular formula is C23H21NO4. The maximum atomic E-state index is 12.8. The number of hydrogen-bond acceptors (Lipinski definition) is 4. The summed E-state index contributed by atoms with van der Waals surface area (Å²) < 4.78 is 5.16. The molecule has 5 heteroatoms. The molecule has 0 fully saturated rings. The predicted molar refractivity (Wildman–Crippen MR) is 106 cm³/mol. The van der Waals surface area contributed by atoms with E-state index in [1.54, 1.807) is 11.0 Å². The van der Waals surface area contributed by atoms with E-state index in [1.165, 1.54) is 18.2 Å². The molecule has 0 heterocycles. The van der Waals surface area contributed by atoms with E-state index < -0.39 is 5.97 Å². The topological polar surface area (TPSA) is 66.8 Å². The van der Waals surface area contributed by atoms with Crippen LogP contribution in [0.25, 0.3) is 0 Å². The molecule has 3 aromatic rings. The summed E-state index contributed by atoms with van der Waals surface area (Å²) in [5, 5.41) is 9.47. The van der Waals surface area contributed by atoms with E-state index in [4.69, 9.17) is 4.74 Å². The molecule has 1 amide bonds. The number of benzene rings is 3. The lowest BCUT2D eigenvalue weighted by Gasteiger charge is -2.23. The van der Waals surface area contributed by atoms with E-state index in [-0.39, 0.29) is 23.8 Å². The summed E-state index contributed by atoms with van der Waals surface area (Å²) in [6, 6.07) is 25.1. The van der Waals surface area contributed by atoms with Crippen molar-refractivity contribution in [1.82, 2.24) is 4.90 Å². The SMILES string of the molecule is O=C(OCC(=O)N(Cc1ccccc1)Cc1ccccc1)c1cccc(O)c1. The molecule has 0 atom stereocenters. The fourth-order valence-electron chi connectivity index (χ4n) is 2.77. The van der Waals surface area contributed by atoms with Gasteiger partial charge in [-0.15, -0.1) is 0 Å². The first kappa shape index (κ1) is 19.2. The van der Waals surface area contributed by atoms with Gasteiger partial charge in [-0.05, 0) is 29.3 Å². The number of nitrogens with zero attached hydrogens (tertiary/aromatic N) is 1. The van der Waals surface area contributed by atoms with Gasteiger partial charge in [-0.1, -0.05) is 66.7 Å². The fourth-order valence-corrected chi connectivity index (χ4v) is 2.77. The van der Waals surface area contributed by atoms with Gasteiger partial charge in [0.1, 0.15) is 5.75 Å². The summed E-state index contributed by atoms with van der Waals surface area (Å²) in [5.74, 6) is -0.972. The van der Waals surface area contributed by atoms with Gasteiger partial charge in [-0.2, -0.15) is 0 Å². The van der Waals surface area contributed by atoms with Crippen molar-refractivity contribution in [2.45, 2.75) is 13.1 Å². The average Bonchev–Trinajstić information content (AvgIpc) is 2.73. The van der Waals surface area contributed by atoms with Crippen molar-refractivity contribution in [3.63, 3.8) is 0 Å². The van der Waals surface area contributed by atoms with Crippen LogP contribution in [0.3, 0.4) is 0 Å². The molecule has 28 heavy (non-hydrogen) atoms. The molecule has 0 spiro atoms. The molecule has 0 aliphatic heterocycles. The van der Waals surface area contributed by atoms with Gasteiger partial charge in [0.15, 0.2) is 6.61 Å². The van der Waals surface area contributed by atoms with Crippen molar-refractivity contribution in [3.05, 3.63) is 102 Å². The predicted octanol–water partition coefficient (Wildman–Crippen LogP) is 3.78. The largest absolute Gasteiger partial charge is 0.508 e. The van der Waals surface area contributed by atoms with Gasteiger partial charge in [-0.25, -0.2) is 4.79 Å². The average molecular weight is 375 g/mol. The number of carbonyl (C=O) groups is 2. The van der Waals surface area contributed by atoms with E-state index in [0.717, 1.165) is 11.1 Å². The normalized spacial score (nSPS) is 10.3. The van der Waals surface area contributed by atoms with Gasteiger partial charge < -0.3 is 14.7 Å². The molecule has 0 aliphatic carbocycles. The van der Waals surface area contributed by atoms with Crippen molar-refractivity contribution in [2.75, 3.05) is 6.61 Å². The number of esters is 1. The Kier molecular flexibility index (Phi) is 6.41. The van der Waals surface area contributed by atoms with Gasteiger partial charge in [0.2, 0.25) is 0 Å². The molecule has 0 aliphatic rings. The second-order valence-electron chi connectivity index (χ2n) is 6.35. The molecule has 0 saturated carbocycles. The lowest BCUT2D eigenvalue weighted by molar-refractivity contribution is -0.135. The van der Waals surface area contributed by atoms with E-state index in [9.17, 15) is 14.7 Å². The third kappa shape index (κ3) is 5.45. The first-order chi connectivity index (χ1) is 13.6. The van der Waals surface area contributed by atoms with Crippen molar-refractivity contribution in [2.24, 2.45) is 0 Å². The van der Waals surface area contributed by atoms with E-state index in [2.05, 4.69) is 0 Å². The van der Waals surface area contributed by atoms with E-state index in [1.807, 2.05) is 60.7 Å². The van der Waals surface area contributed by atoms with Gasteiger partial charge in [0.25, 0.3) is 5.91 Å². The smallest absolute Gasteiger partial charge is 0.338 e. The fraction of sp³-hybridized carbons (Fsp3) is 0.130. The number of ether oxygens (including phenoxy) is 1. The van der Waals surface area contributed by atoms with Crippen LogP contribution in [0.2, 0.25) is 0 Å². The molecule has 142 valence electrons. The van der Waals surface area contributed by atoms with Crippen molar-refractivity contribution in [1.29, 1.82) is 0 Å². The molecule has 1 N–H and O–H groups in total. The maximum absolute atomic E-state index is 12.8. The molecule has 0 saturated heterocycles. The van der Waals surface area contributed by atoms with E-state index >= 15 is 0 Å². The van der Waals surface area contributed by atoms with Crippen LogP contribution in [-0.2, 0) is 22.6 Å². The Morgan fingerprint density at radius 2 is 1.36 bits per heavy atom. The van der Waals surface area contributed by atoms with Crippen LogP contribution in [0.15, 0.2) is 84.9 Å². The van der Waals surface area contributed by atoms with Crippen molar-refractivity contribution in [3.8, 4) is 5.75 Å². The minimum Gasteiger partial charge on any atom is -0.508 e. The van der Waals surface area contributed by atoms with Crippen LogP contribution in [-0.4, -0.2) is 28.5 Å². The van der Waals surface area contributed by atoms with Gasteiger partial charge in [0.05, 0.1) is 5.56 Å². The number of carbonyl (C=O) groups excluding carboxylic acids is 2. The third-order valence-corrected chi connectivity index (χ3v) is 4.19. The zero-order chi connectivity index (χ0) is 19.8. The minimum absolute atomic E-state index is 0.0319. The standard InChI is InChI=1S/C23H21NO4/c25-21-13-7-12-20(14-21)23(27)28-17-22(26)24(15-18-8-3-1-4-9-18)16-19-10-5-2-6-11-19/h1-14,25H,15-17H2. The third-order valence-electron chi connectivity index (χ3n) is 4.19. The molecular weight excluding hydrogens is 354 g/mol. The number of aromatic hydroxyl groups is 1. The Labute approximate surface area is 163 Å². The van der Waals surface area contributed by atoms with Crippen LogP contribution in [0.4, 0.5) is 0 Å². The molecule has 3 aromatic carbocycles. The Balaban J connectivity index is 1.67. The molecule has 0 unspecified atom stereocenters. The number of rotatable bonds is 7. The lowest BCUT2D eigenvalue weighted by Crippen LogP contribution is -2.33. The van der Waals surface area contributed by atoms with Gasteiger partial charge in [0, 0.05) is 13.1 Å². The highest BCUT2D eigenvalue weighted by Crippen LogP contribution is 2.13. The molecule has 0 aromatic heterocycles. The Hall–Kier alpha value is -3.60.